The third-order valence-corrected chi connectivity index (χ3v) is 3.37. The van der Waals surface area contributed by atoms with Crippen molar-refractivity contribution in [2.45, 2.75) is 6.92 Å². The van der Waals surface area contributed by atoms with Crippen molar-refractivity contribution in [1.82, 2.24) is 0 Å². The number of ketones is 1. The van der Waals surface area contributed by atoms with E-state index in [0.717, 1.165) is 15.6 Å². The Kier molecular flexibility index (Phi) is 4.17. The lowest BCUT2D eigenvalue weighted by Gasteiger charge is -2.10. The molecular weight excluding hydrogens is 302 g/mol. The van der Waals surface area contributed by atoms with Gasteiger partial charge >= 0.3 is 0 Å². The molecular formula is C16H14BrNO. The Morgan fingerprint density at radius 2 is 1.53 bits per heavy atom. The molecule has 2 aromatic carbocycles. The molecule has 19 heavy (non-hydrogen) atoms. The van der Waals surface area contributed by atoms with Crippen LogP contribution in [0.25, 0.3) is 11.3 Å². The molecule has 0 saturated heterocycles. The van der Waals surface area contributed by atoms with Crippen LogP contribution in [0.3, 0.4) is 0 Å². The first-order valence-electron chi connectivity index (χ1n) is 5.91. The van der Waals surface area contributed by atoms with Crippen LogP contribution in [0.1, 0.15) is 18.1 Å². The lowest BCUT2D eigenvalue weighted by atomic mass is 9.97. The number of Topliss-reactive ketones (excluding diaryl/α,β-unsaturated/α-hetero) is 1. The molecule has 0 fully saturated rings. The summed E-state index contributed by atoms with van der Waals surface area (Å²) < 4.78 is 0.980. The van der Waals surface area contributed by atoms with Gasteiger partial charge in [-0.3, -0.25) is 4.79 Å². The molecule has 2 N–H and O–H groups in total. The predicted octanol–water partition coefficient (Wildman–Crippen LogP) is 3.87. The fraction of sp³-hybridized carbons (Fsp3) is 0.0625. The first-order valence-corrected chi connectivity index (χ1v) is 6.71. The molecule has 2 nitrogen and oxygen atoms in total. The Labute approximate surface area is 121 Å². The van der Waals surface area contributed by atoms with Crippen LogP contribution in [0.2, 0.25) is 0 Å². The molecule has 3 heteroatoms. The number of benzene rings is 2. The summed E-state index contributed by atoms with van der Waals surface area (Å²) in [5.74, 6) is -0.0355. The summed E-state index contributed by atoms with van der Waals surface area (Å²) in [4.78, 5) is 11.9. The molecule has 0 heterocycles. The Morgan fingerprint density at radius 3 is 2.05 bits per heavy atom. The number of hydrogen-bond acceptors (Lipinski definition) is 2. The molecule has 0 radical (unpaired) electrons. The van der Waals surface area contributed by atoms with Crippen molar-refractivity contribution in [3.63, 3.8) is 0 Å². The van der Waals surface area contributed by atoms with E-state index in [0.29, 0.717) is 11.3 Å². The Balaban J connectivity index is 2.57. The van der Waals surface area contributed by atoms with E-state index in [9.17, 15) is 4.79 Å². The summed E-state index contributed by atoms with van der Waals surface area (Å²) in [6.07, 6.45) is 0. The molecule has 0 atom stereocenters. The highest BCUT2D eigenvalue weighted by Gasteiger charge is 2.13. The summed E-state index contributed by atoms with van der Waals surface area (Å²) in [6, 6.07) is 17.1. The largest absolute Gasteiger partial charge is 0.398 e. The van der Waals surface area contributed by atoms with Crippen molar-refractivity contribution in [3.05, 3.63) is 70.2 Å². The minimum Gasteiger partial charge on any atom is -0.398 e. The number of halogens is 1. The van der Waals surface area contributed by atoms with Gasteiger partial charge in [-0.1, -0.05) is 58.4 Å². The van der Waals surface area contributed by atoms with Crippen LogP contribution in [0, 0.1) is 0 Å². The van der Waals surface area contributed by atoms with Gasteiger partial charge < -0.3 is 5.73 Å². The minimum absolute atomic E-state index is 0.0355. The summed E-state index contributed by atoms with van der Waals surface area (Å²) in [6.45, 7) is 1.54. The highest BCUT2D eigenvalue weighted by atomic mass is 79.9. The fourth-order valence-corrected chi connectivity index (χ4v) is 2.19. The van der Waals surface area contributed by atoms with Gasteiger partial charge in [-0.15, -0.1) is 0 Å². The van der Waals surface area contributed by atoms with Crippen molar-refractivity contribution in [1.29, 1.82) is 0 Å². The summed E-state index contributed by atoms with van der Waals surface area (Å²) >= 11 is 3.38. The van der Waals surface area contributed by atoms with Gasteiger partial charge in [0.15, 0.2) is 5.78 Å². The average molecular weight is 316 g/mol. The molecule has 0 aliphatic heterocycles. The number of nitrogens with two attached hydrogens (primary N) is 1. The Bertz CT molecular complexity index is 615. The van der Waals surface area contributed by atoms with Crippen LogP contribution in [0.15, 0.2) is 59.1 Å². The summed E-state index contributed by atoms with van der Waals surface area (Å²) in [5, 5.41) is 0. The van der Waals surface area contributed by atoms with E-state index in [-0.39, 0.29) is 5.78 Å². The van der Waals surface area contributed by atoms with Gasteiger partial charge in [-0.2, -0.15) is 0 Å². The van der Waals surface area contributed by atoms with Crippen LogP contribution >= 0.6 is 15.9 Å². The lowest BCUT2D eigenvalue weighted by Crippen LogP contribution is -2.07. The third-order valence-electron chi connectivity index (χ3n) is 2.84. The molecule has 0 amide bonds. The predicted molar refractivity (Wildman–Crippen MR) is 82.3 cm³/mol. The average Bonchev–Trinajstić information content (AvgIpc) is 2.40. The maximum atomic E-state index is 11.9. The zero-order chi connectivity index (χ0) is 13.8. The second-order valence-electron chi connectivity index (χ2n) is 4.22. The van der Waals surface area contributed by atoms with Gasteiger partial charge in [0.05, 0.1) is 5.70 Å². The van der Waals surface area contributed by atoms with Gasteiger partial charge in [0.1, 0.15) is 0 Å². The molecule has 0 spiro atoms. The van der Waals surface area contributed by atoms with Crippen molar-refractivity contribution >= 4 is 33.0 Å². The standard InChI is InChI=1S/C16H14BrNO/c1-11(19)15(12-5-3-2-4-6-12)16(18)13-7-9-14(17)10-8-13/h2-10H,18H2,1H3. The summed E-state index contributed by atoms with van der Waals surface area (Å²) in [5.41, 5.74) is 8.92. The van der Waals surface area contributed by atoms with Gasteiger partial charge in [-0.25, -0.2) is 0 Å². The van der Waals surface area contributed by atoms with E-state index in [4.69, 9.17) is 5.73 Å². The minimum atomic E-state index is -0.0355. The van der Waals surface area contributed by atoms with E-state index < -0.39 is 0 Å². The molecule has 0 saturated carbocycles. The van der Waals surface area contributed by atoms with Gasteiger partial charge in [0.25, 0.3) is 0 Å². The van der Waals surface area contributed by atoms with Gasteiger partial charge in [0, 0.05) is 10.0 Å². The number of hydrogen-bond donors (Lipinski definition) is 1. The van der Waals surface area contributed by atoms with E-state index in [1.165, 1.54) is 6.92 Å². The van der Waals surface area contributed by atoms with Crippen LogP contribution in [-0.2, 0) is 4.79 Å². The van der Waals surface area contributed by atoms with Crippen LogP contribution in [-0.4, -0.2) is 5.78 Å². The number of rotatable bonds is 3. The lowest BCUT2D eigenvalue weighted by molar-refractivity contribution is -0.111. The van der Waals surface area contributed by atoms with Gasteiger partial charge in [-0.05, 0) is 30.2 Å². The highest BCUT2D eigenvalue weighted by Crippen LogP contribution is 2.24. The van der Waals surface area contributed by atoms with E-state index >= 15 is 0 Å². The van der Waals surface area contributed by atoms with E-state index in [1.807, 2.05) is 54.6 Å². The van der Waals surface area contributed by atoms with Crippen molar-refractivity contribution < 1.29 is 4.79 Å². The molecule has 0 bridgehead atoms. The molecule has 0 aliphatic rings. The fourth-order valence-electron chi connectivity index (χ4n) is 1.93. The second kappa shape index (κ2) is 5.85. The second-order valence-corrected chi connectivity index (χ2v) is 5.13. The maximum absolute atomic E-state index is 11.9. The normalized spacial score (nSPS) is 11.9. The first kappa shape index (κ1) is 13.6. The quantitative estimate of drug-likeness (QED) is 0.690. The SMILES string of the molecule is CC(=O)C(=C(N)c1ccc(Br)cc1)c1ccccc1. The van der Waals surface area contributed by atoms with Crippen molar-refractivity contribution in [3.8, 4) is 0 Å². The highest BCUT2D eigenvalue weighted by molar-refractivity contribution is 9.10. The first-order chi connectivity index (χ1) is 9.09. The van der Waals surface area contributed by atoms with E-state index in [2.05, 4.69) is 15.9 Å². The maximum Gasteiger partial charge on any atom is 0.162 e. The molecule has 0 aliphatic carbocycles. The summed E-state index contributed by atoms with van der Waals surface area (Å²) in [7, 11) is 0. The molecule has 0 unspecified atom stereocenters. The molecule has 0 aromatic heterocycles. The van der Waals surface area contributed by atoms with Crippen LogP contribution in [0.4, 0.5) is 0 Å². The Morgan fingerprint density at radius 1 is 0.947 bits per heavy atom. The molecule has 2 rings (SSSR count). The smallest absolute Gasteiger partial charge is 0.162 e. The monoisotopic (exact) mass is 315 g/mol. The van der Waals surface area contributed by atoms with Crippen molar-refractivity contribution in [2.75, 3.05) is 0 Å². The third kappa shape index (κ3) is 3.12. The van der Waals surface area contributed by atoms with Crippen LogP contribution in [0.5, 0.6) is 0 Å². The zero-order valence-corrected chi connectivity index (χ0v) is 12.1. The molecule has 96 valence electrons. The number of carbonyl (C=O) groups is 1. The Hall–Kier alpha value is -1.87. The number of carbonyl (C=O) groups excluding carboxylic acids is 1. The zero-order valence-electron chi connectivity index (χ0n) is 10.6. The topological polar surface area (TPSA) is 43.1 Å². The van der Waals surface area contributed by atoms with Crippen molar-refractivity contribution in [2.24, 2.45) is 5.73 Å². The van der Waals surface area contributed by atoms with Crippen LogP contribution < -0.4 is 5.73 Å². The van der Waals surface area contributed by atoms with Gasteiger partial charge in [0.2, 0.25) is 0 Å². The molecule has 2 aromatic rings. The number of allylic oxidation sites excluding steroid dienone is 1. The van der Waals surface area contributed by atoms with E-state index in [1.54, 1.807) is 0 Å².